The van der Waals surface area contributed by atoms with Gasteiger partial charge in [-0.2, -0.15) is 18.3 Å². The van der Waals surface area contributed by atoms with Crippen LogP contribution in [0.4, 0.5) is 13.2 Å². The molecule has 0 atom stereocenters. The van der Waals surface area contributed by atoms with Gasteiger partial charge in [0.25, 0.3) is 0 Å². The van der Waals surface area contributed by atoms with Gasteiger partial charge in [-0.3, -0.25) is 0 Å². The average molecular weight is 260 g/mol. The molecule has 0 aromatic carbocycles. The van der Waals surface area contributed by atoms with E-state index < -0.39 is 11.9 Å². The highest BCUT2D eigenvalue weighted by molar-refractivity contribution is 5.56. The fraction of sp³-hybridized carbons (Fsp3) is 0.400. The molecule has 5 nitrogen and oxygen atoms in total. The number of rotatable bonds is 4. The highest BCUT2D eigenvalue weighted by Gasteiger charge is 2.34. The van der Waals surface area contributed by atoms with Crippen LogP contribution in [0.1, 0.15) is 5.69 Å². The van der Waals surface area contributed by atoms with Crippen molar-refractivity contribution in [2.24, 2.45) is 0 Å². The number of fused-ring (bicyclic) bond motifs is 1. The zero-order valence-electron chi connectivity index (χ0n) is 9.53. The molecule has 0 saturated heterocycles. The van der Waals surface area contributed by atoms with Crippen molar-refractivity contribution in [1.29, 1.82) is 0 Å². The van der Waals surface area contributed by atoms with Crippen molar-refractivity contribution in [2.75, 3.05) is 20.2 Å². The maximum Gasteiger partial charge on any atom is 0.435 e. The molecule has 0 aliphatic carbocycles. The van der Waals surface area contributed by atoms with Gasteiger partial charge in [-0.15, -0.1) is 0 Å². The van der Waals surface area contributed by atoms with E-state index in [1.807, 2.05) is 0 Å². The molecule has 0 amide bonds. The van der Waals surface area contributed by atoms with Crippen LogP contribution in [0, 0.1) is 0 Å². The fourth-order valence-corrected chi connectivity index (χ4v) is 1.40. The molecular weight excluding hydrogens is 249 g/mol. The summed E-state index contributed by atoms with van der Waals surface area (Å²) in [5, 5.41) is 6.29. The molecule has 8 heteroatoms. The smallest absolute Gasteiger partial charge is 0.435 e. The lowest BCUT2D eigenvalue weighted by molar-refractivity contribution is -0.141. The zero-order valence-corrected chi connectivity index (χ0v) is 9.53. The molecule has 0 radical (unpaired) electrons. The summed E-state index contributed by atoms with van der Waals surface area (Å²) in [7, 11) is 1.75. The number of likely N-dealkylation sites (N-methyl/N-ethyl adjacent to an activating group) is 1. The Morgan fingerprint density at radius 2 is 2.22 bits per heavy atom. The topological polar surface area (TPSA) is 51.5 Å². The third-order valence-corrected chi connectivity index (χ3v) is 2.24. The van der Waals surface area contributed by atoms with Crippen molar-refractivity contribution in [2.45, 2.75) is 6.18 Å². The van der Waals surface area contributed by atoms with E-state index in [2.05, 4.69) is 15.4 Å². The number of nitrogens with zero attached hydrogens (tertiary/aromatic N) is 3. The van der Waals surface area contributed by atoms with Crippen LogP contribution in [-0.4, -0.2) is 34.8 Å². The predicted octanol–water partition coefficient (Wildman–Crippen LogP) is 1.35. The van der Waals surface area contributed by atoms with Crippen LogP contribution >= 0.6 is 0 Å². The summed E-state index contributed by atoms with van der Waals surface area (Å²) in [6.07, 6.45) is -1.79. The van der Waals surface area contributed by atoms with Gasteiger partial charge < -0.3 is 10.1 Å². The van der Waals surface area contributed by atoms with E-state index in [0.29, 0.717) is 13.2 Å². The van der Waals surface area contributed by atoms with Crippen LogP contribution in [0.3, 0.4) is 0 Å². The first-order valence-electron chi connectivity index (χ1n) is 5.21. The molecular formula is C10H11F3N4O. The number of hydrogen-bond acceptors (Lipinski definition) is 4. The van der Waals surface area contributed by atoms with Gasteiger partial charge in [-0.1, -0.05) is 0 Å². The van der Waals surface area contributed by atoms with E-state index in [4.69, 9.17) is 4.74 Å². The second kappa shape index (κ2) is 4.81. The molecule has 2 heterocycles. The maximum atomic E-state index is 12.5. The minimum Gasteiger partial charge on any atom is -0.475 e. The largest absolute Gasteiger partial charge is 0.475 e. The first-order chi connectivity index (χ1) is 8.52. The molecule has 2 rings (SSSR count). The van der Waals surface area contributed by atoms with Crippen molar-refractivity contribution in [3.05, 3.63) is 24.2 Å². The molecule has 1 N–H and O–H groups in total. The summed E-state index contributed by atoms with van der Waals surface area (Å²) in [6, 6.07) is 0.918. The van der Waals surface area contributed by atoms with Crippen molar-refractivity contribution >= 4 is 5.52 Å². The molecule has 0 spiro atoms. The van der Waals surface area contributed by atoms with E-state index in [9.17, 15) is 13.2 Å². The molecule has 98 valence electrons. The van der Waals surface area contributed by atoms with Crippen molar-refractivity contribution in [1.82, 2.24) is 19.9 Å². The third-order valence-electron chi connectivity index (χ3n) is 2.24. The Bertz CT molecular complexity index is 537. The Morgan fingerprint density at radius 3 is 2.89 bits per heavy atom. The molecule has 0 saturated carbocycles. The molecule has 0 aliphatic heterocycles. The molecule has 2 aromatic rings. The monoisotopic (exact) mass is 260 g/mol. The molecule has 0 fully saturated rings. The normalized spacial score (nSPS) is 12.0. The van der Waals surface area contributed by atoms with E-state index in [1.165, 1.54) is 12.4 Å². The van der Waals surface area contributed by atoms with Gasteiger partial charge in [-0.05, 0) is 7.05 Å². The number of aromatic nitrogens is 3. The number of alkyl halides is 3. The first kappa shape index (κ1) is 12.6. The lowest BCUT2D eigenvalue weighted by Crippen LogP contribution is -2.16. The zero-order chi connectivity index (χ0) is 13.2. The summed E-state index contributed by atoms with van der Waals surface area (Å²) in [5.41, 5.74) is -0.769. The summed E-state index contributed by atoms with van der Waals surface area (Å²) < 4.78 is 43.9. The lowest BCUT2D eigenvalue weighted by atomic mass is 10.4. The van der Waals surface area contributed by atoms with Gasteiger partial charge in [0.1, 0.15) is 12.1 Å². The van der Waals surface area contributed by atoms with Gasteiger partial charge in [0, 0.05) is 25.0 Å². The Labute approximate surface area is 101 Å². The van der Waals surface area contributed by atoms with Gasteiger partial charge in [-0.25, -0.2) is 9.50 Å². The van der Waals surface area contributed by atoms with Gasteiger partial charge in [0.15, 0.2) is 5.69 Å². The minimum absolute atomic E-state index is 0.135. The van der Waals surface area contributed by atoms with E-state index in [0.717, 1.165) is 10.6 Å². The Kier molecular flexibility index (Phi) is 3.37. The van der Waals surface area contributed by atoms with Crippen LogP contribution < -0.4 is 10.1 Å². The SMILES string of the molecule is CNCCOc1nccn2nc(C(F)(F)F)cc12. The van der Waals surface area contributed by atoms with Gasteiger partial charge >= 0.3 is 6.18 Å². The third kappa shape index (κ3) is 2.53. The fourth-order valence-electron chi connectivity index (χ4n) is 1.40. The van der Waals surface area contributed by atoms with E-state index >= 15 is 0 Å². The maximum absolute atomic E-state index is 12.5. The molecule has 0 aliphatic rings. The minimum atomic E-state index is -4.48. The van der Waals surface area contributed by atoms with Gasteiger partial charge in [0.2, 0.25) is 5.88 Å². The van der Waals surface area contributed by atoms with Crippen LogP contribution in [0.2, 0.25) is 0 Å². The highest BCUT2D eigenvalue weighted by Crippen LogP contribution is 2.30. The van der Waals surface area contributed by atoms with Crippen molar-refractivity contribution < 1.29 is 17.9 Å². The highest BCUT2D eigenvalue weighted by atomic mass is 19.4. The molecule has 0 unspecified atom stereocenters. The number of halogens is 3. The summed E-state index contributed by atoms with van der Waals surface area (Å²) >= 11 is 0. The molecule has 0 bridgehead atoms. The van der Waals surface area contributed by atoms with Crippen LogP contribution in [0.25, 0.3) is 5.52 Å². The number of ether oxygens (including phenoxy) is 1. The summed E-state index contributed by atoms with van der Waals surface area (Å²) in [4.78, 5) is 3.90. The van der Waals surface area contributed by atoms with Crippen LogP contribution in [0.15, 0.2) is 18.5 Å². The Hall–Kier alpha value is -1.83. The Balaban J connectivity index is 2.33. The second-order valence-corrected chi connectivity index (χ2v) is 3.54. The first-order valence-corrected chi connectivity index (χ1v) is 5.21. The van der Waals surface area contributed by atoms with Gasteiger partial charge in [0.05, 0.1) is 0 Å². The predicted molar refractivity (Wildman–Crippen MR) is 57.4 cm³/mol. The standard InChI is InChI=1S/C10H11F3N4O/c1-14-3-5-18-9-7-6-8(10(11,12)13)16-17(7)4-2-15-9/h2,4,6,14H,3,5H2,1H3. The average Bonchev–Trinajstić information content (AvgIpc) is 2.73. The van der Waals surface area contributed by atoms with Crippen LogP contribution in [0.5, 0.6) is 5.88 Å². The van der Waals surface area contributed by atoms with Crippen molar-refractivity contribution in [3.63, 3.8) is 0 Å². The van der Waals surface area contributed by atoms with E-state index in [1.54, 1.807) is 7.05 Å². The summed E-state index contributed by atoms with van der Waals surface area (Å²) in [5.74, 6) is 0.135. The van der Waals surface area contributed by atoms with Crippen molar-refractivity contribution in [3.8, 4) is 5.88 Å². The lowest BCUT2D eigenvalue weighted by Gasteiger charge is -2.05. The van der Waals surface area contributed by atoms with Crippen LogP contribution in [-0.2, 0) is 6.18 Å². The molecule has 2 aromatic heterocycles. The quantitative estimate of drug-likeness (QED) is 0.843. The second-order valence-electron chi connectivity index (χ2n) is 3.54. The molecule has 18 heavy (non-hydrogen) atoms. The summed E-state index contributed by atoms with van der Waals surface area (Å²) in [6.45, 7) is 0.888. The Morgan fingerprint density at radius 1 is 1.44 bits per heavy atom. The number of nitrogens with one attached hydrogen (secondary N) is 1. The van der Waals surface area contributed by atoms with E-state index in [-0.39, 0.29) is 11.4 Å². The number of hydrogen-bond donors (Lipinski definition) is 1.